The second-order valence-corrected chi connectivity index (χ2v) is 4.38. The van der Waals surface area contributed by atoms with E-state index >= 15 is 0 Å². The molecule has 4 nitrogen and oxygen atoms in total. The number of nitrogens with zero attached hydrogens (tertiary/aromatic N) is 2. The number of terminal acetylenes is 1. The van der Waals surface area contributed by atoms with Gasteiger partial charge in [-0.15, -0.1) is 6.42 Å². The van der Waals surface area contributed by atoms with Gasteiger partial charge in [0.25, 0.3) is 5.56 Å². The van der Waals surface area contributed by atoms with Crippen LogP contribution in [0.4, 0.5) is 13.2 Å². The smallest absolute Gasteiger partial charge is 0.391 e. The van der Waals surface area contributed by atoms with E-state index in [0.29, 0.717) is 5.56 Å². The van der Waals surface area contributed by atoms with Crippen LogP contribution in [0.15, 0.2) is 35.1 Å². The third-order valence-electron chi connectivity index (χ3n) is 2.97. The second kappa shape index (κ2) is 6.03. The highest BCUT2D eigenvalue weighted by molar-refractivity contribution is 5.56. The Morgan fingerprint density at radius 3 is 2.41 bits per heavy atom. The predicted octanol–water partition coefficient (Wildman–Crippen LogP) is 2.05. The molecule has 114 valence electrons. The lowest BCUT2D eigenvalue weighted by atomic mass is 10.1. The molecule has 0 unspecified atom stereocenters. The first-order valence-corrected chi connectivity index (χ1v) is 6.20. The maximum atomic E-state index is 13.1. The van der Waals surface area contributed by atoms with Crippen molar-refractivity contribution in [3.63, 3.8) is 0 Å². The maximum Gasteiger partial charge on any atom is 0.433 e. The number of benzene rings is 1. The molecule has 0 amide bonds. The van der Waals surface area contributed by atoms with Crippen molar-refractivity contribution in [2.45, 2.75) is 19.3 Å². The highest BCUT2D eigenvalue weighted by atomic mass is 19.4. The molecule has 1 N–H and O–H groups in total. The zero-order valence-corrected chi connectivity index (χ0v) is 11.3. The summed E-state index contributed by atoms with van der Waals surface area (Å²) < 4.78 is 40.1. The topological polar surface area (TPSA) is 55.1 Å². The van der Waals surface area contributed by atoms with Crippen LogP contribution in [-0.4, -0.2) is 14.7 Å². The van der Waals surface area contributed by atoms with Crippen LogP contribution in [0.2, 0.25) is 0 Å². The summed E-state index contributed by atoms with van der Waals surface area (Å²) in [4.78, 5) is 15.8. The molecule has 0 saturated heterocycles. The number of aromatic nitrogens is 2. The van der Waals surface area contributed by atoms with Crippen LogP contribution in [0.1, 0.15) is 11.3 Å². The van der Waals surface area contributed by atoms with Crippen molar-refractivity contribution in [1.82, 2.24) is 9.55 Å². The molecule has 0 aliphatic rings. The normalized spacial score (nSPS) is 11.2. The lowest BCUT2D eigenvalue weighted by molar-refractivity contribution is -0.142. The summed E-state index contributed by atoms with van der Waals surface area (Å²) in [6.45, 7) is -1.32. The highest BCUT2D eigenvalue weighted by Gasteiger charge is 2.38. The molecule has 1 aromatic carbocycles. The minimum Gasteiger partial charge on any atom is -0.391 e. The van der Waals surface area contributed by atoms with Crippen LogP contribution in [0.3, 0.4) is 0 Å². The van der Waals surface area contributed by atoms with Crippen LogP contribution in [0, 0.1) is 12.3 Å². The van der Waals surface area contributed by atoms with E-state index in [0.717, 1.165) is 4.57 Å². The van der Waals surface area contributed by atoms with E-state index in [4.69, 9.17) is 11.5 Å². The van der Waals surface area contributed by atoms with Crippen molar-refractivity contribution in [3.05, 3.63) is 51.9 Å². The fourth-order valence-electron chi connectivity index (χ4n) is 2.02. The summed E-state index contributed by atoms with van der Waals surface area (Å²) in [6.07, 6.45) is 0.318. The first-order valence-electron chi connectivity index (χ1n) is 6.20. The van der Waals surface area contributed by atoms with E-state index in [2.05, 4.69) is 10.9 Å². The lowest BCUT2D eigenvalue weighted by Crippen LogP contribution is -2.31. The molecule has 0 aliphatic carbocycles. The minimum atomic E-state index is -4.85. The predicted molar refractivity (Wildman–Crippen MR) is 73.7 cm³/mol. The molecule has 22 heavy (non-hydrogen) atoms. The van der Waals surface area contributed by atoms with Gasteiger partial charge >= 0.3 is 6.18 Å². The van der Waals surface area contributed by atoms with Gasteiger partial charge in [-0.05, 0) is 0 Å². The number of alkyl halides is 3. The Labute approximate surface area is 123 Å². The van der Waals surface area contributed by atoms with Crippen molar-refractivity contribution in [2.75, 3.05) is 0 Å². The molecule has 2 aromatic rings. The van der Waals surface area contributed by atoms with Gasteiger partial charge in [-0.2, -0.15) is 13.2 Å². The van der Waals surface area contributed by atoms with E-state index in [1.807, 2.05) is 0 Å². The third-order valence-corrected chi connectivity index (χ3v) is 2.97. The summed E-state index contributed by atoms with van der Waals surface area (Å²) in [6, 6.07) is 7.94. The van der Waals surface area contributed by atoms with Crippen LogP contribution in [0.25, 0.3) is 11.4 Å². The van der Waals surface area contributed by atoms with Crippen molar-refractivity contribution in [2.24, 2.45) is 0 Å². The molecule has 0 spiro atoms. The number of aliphatic hydroxyl groups is 1. The Morgan fingerprint density at radius 2 is 1.91 bits per heavy atom. The van der Waals surface area contributed by atoms with E-state index in [-0.39, 0.29) is 12.4 Å². The average Bonchev–Trinajstić information content (AvgIpc) is 2.48. The van der Waals surface area contributed by atoms with Gasteiger partial charge in [0, 0.05) is 5.56 Å². The first-order chi connectivity index (χ1) is 10.4. The van der Waals surface area contributed by atoms with E-state index in [9.17, 15) is 18.0 Å². The van der Waals surface area contributed by atoms with E-state index in [1.54, 1.807) is 18.2 Å². The Kier molecular flexibility index (Phi) is 4.33. The van der Waals surface area contributed by atoms with Gasteiger partial charge in [0.2, 0.25) is 0 Å². The Morgan fingerprint density at radius 1 is 1.27 bits per heavy atom. The van der Waals surface area contributed by atoms with Gasteiger partial charge in [0.15, 0.2) is 5.69 Å². The first kappa shape index (κ1) is 15.8. The minimum absolute atomic E-state index is 0.187. The summed E-state index contributed by atoms with van der Waals surface area (Å²) >= 11 is 0. The molecule has 0 atom stereocenters. The molecular formula is C15H11F3N2O2. The fourth-order valence-corrected chi connectivity index (χ4v) is 2.02. The van der Waals surface area contributed by atoms with Crippen LogP contribution in [0.5, 0.6) is 0 Å². The number of hydrogen-bond donors (Lipinski definition) is 1. The standard InChI is InChI=1S/C15H11F3N2O2/c1-2-8-20-13(10-6-4-3-5-7-10)19-12(15(16,17)18)11(9-21)14(20)22/h1,3-7,21H,8-9H2. The van der Waals surface area contributed by atoms with Gasteiger partial charge < -0.3 is 5.11 Å². The molecule has 7 heteroatoms. The molecule has 1 heterocycles. The largest absolute Gasteiger partial charge is 0.433 e. The second-order valence-electron chi connectivity index (χ2n) is 4.38. The third kappa shape index (κ3) is 2.87. The quantitative estimate of drug-likeness (QED) is 0.883. The number of rotatable bonds is 3. The zero-order chi connectivity index (χ0) is 16.3. The molecule has 0 fully saturated rings. The van der Waals surface area contributed by atoms with Gasteiger partial charge in [0.1, 0.15) is 5.82 Å². The molecule has 2 rings (SSSR count). The Bertz CT molecular complexity index is 774. The van der Waals surface area contributed by atoms with Crippen LogP contribution >= 0.6 is 0 Å². The van der Waals surface area contributed by atoms with Crippen molar-refractivity contribution >= 4 is 0 Å². The molecule has 1 aromatic heterocycles. The van der Waals surface area contributed by atoms with Crippen molar-refractivity contribution in [1.29, 1.82) is 0 Å². The average molecular weight is 308 g/mol. The fraction of sp³-hybridized carbons (Fsp3) is 0.200. The number of halogens is 3. The van der Waals surface area contributed by atoms with Gasteiger partial charge in [-0.1, -0.05) is 36.3 Å². The van der Waals surface area contributed by atoms with Gasteiger partial charge in [-0.3, -0.25) is 9.36 Å². The summed E-state index contributed by atoms with van der Waals surface area (Å²) in [5.41, 5.74) is -2.89. The molecule has 0 aliphatic heterocycles. The van der Waals surface area contributed by atoms with Gasteiger partial charge in [0.05, 0.1) is 18.7 Å². The molecule has 0 saturated carbocycles. The summed E-state index contributed by atoms with van der Waals surface area (Å²) in [5, 5.41) is 9.11. The molecule has 0 bridgehead atoms. The monoisotopic (exact) mass is 308 g/mol. The summed E-state index contributed by atoms with van der Waals surface area (Å²) in [5.74, 6) is 2.02. The van der Waals surface area contributed by atoms with Crippen LogP contribution < -0.4 is 5.56 Å². The van der Waals surface area contributed by atoms with Crippen molar-refractivity contribution < 1.29 is 18.3 Å². The Balaban J connectivity index is 2.85. The lowest BCUT2D eigenvalue weighted by Gasteiger charge is -2.16. The zero-order valence-electron chi connectivity index (χ0n) is 11.3. The maximum absolute atomic E-state index is 13.1. The summed E-state index contributed by atoms with van der Waals surface area (Å²) in [7, 11) is 0. The van der Waals surface area contributed by atoms with Gasteiger partial charge in [-0.25, -0.2) is 4.98 Å². The molecular weight excluding hydrogens is 297 g/mol. The highest BCUT2D eigenvalue weighted by Crippen LogP contribution is 2.31. The van der Waals surface area contributed by atoms with E-state index in [1.165, 1.54) is 12.1 Å². The van der Waals surface area contributed by atoms with E-state index < -0.39 is 29.6 Å². The molecule has 0 radical (unpaired) electrons. The Hall–Kier alpha value is -2.59. The van der Waals surface area contributed by atoms with Crippen LogP contribution in [-0.2, 0) is 19.3 Å². The SMILES string of the molecule is C#CCn1c(-c2ccccc2)nc(C(F)(F)F)c(CO)c1=O. The number of hydrogen-bond acceptors (Lipinski definition) is 3. The van der Waals surface area contributed by atoms with Crippen molar-refractivity contribution in [3.8, 4) is 23.7 Å². The number of aliphatic hydroxyl groups excluding tert-OH is 1.